The Morgan fingerprint density at radius 2 is 1.93 bits per heavy atom. The highest BCUT2D eigenvalue weighted by Gasteiger charge is 2.14. The van der Waals surface area contributed by atoms with Crippen LogP contribution in [0.25, 0.3) is 11.3 Å². The quantitative estimate of drug-likeness (QED) is 0.413. The molecule has 154 valence electrons. The Labute approximate surface area is 181 Å². The van der Waals surface area contributed by atoms with E-state index in [9.17, 15) is 19.7 Å². The fraction of sp³-hybridized carbons (Fsp3) is 0.150. The molecule has 2 N–H and O–H groups in total. The van der Waals surface area contributed by atoms with Gasteiger partial charge in [-0.05, 0) is 31.2 Å². The second-order valence-electron chi connectivity index (χ2n) is 6.36. The maximum absolute atomic E-state index is 12.1. The molecule has 3 rings (SSSR count). The van der Waals surface area contributed by atoms with Gasteiger partial charge in [-0.25, -0.2) is 4.98 Å². The average Bonchev–Trinajstić information content (AvgIpc) is 3.16. The SMILES string of the molecule is Cc1ccc(-c2csc(NC(=O)CCNC(=O)c3ccc(Cl)cc3)n2)cc1[N+](=O)[O-]. The van der Waals surface area contributed by atoms with Gasteiger partial charge in [0.1, 0.15) is 0 Å². The van der Waals surface area contributed by atoms with Gasteiger partial charge in [-0.1, -0.05) is 23.7 Å². The fourth-order valence-electron chi connectivity index (χ4n) is 2.60. The molecule has 0 aliphatic heterocycles. The van der Waals surface area contributed by atoms with Crippen LogP contribution in [0.2, 0.25) is 5.02 Å². The minimum absolute atomic E-state index is 0.0162. The number of halogens is 1. The van der Waals surface area contributed by atoms with Crippen LogP contribution in [0, 0.1) is 17.0 Å². The fourth-order valence-corrected chi connectivity index (χ4v) is 3.47. The minimum Gasteiger partial charge on any atom is -0.352 e. The second kappa shape index (κ2) is 9.47. The van der Waals surface area contributed by atoms with Gasteiger partial charge in [0.05, 0.1) is 10.6 Å². The van der Waals surface area contributed by atoms with Crippen LogP contribution in [0.5, 0.6) is 0 Å². The lowest BCUT2D eigenvalue weighted by molar-refractivity contribution is -0.385. The van der Waals surface area contributed by atoms with Gasteiger partial charge >= 0.3 is 0 Å². The van der Waals surface area contributed by atoms with Crippen molar-refractivity contribution in [2.45, 2.75) is 13.3 Å². The van der Waals surface area contributed by atoms with Gasteiger partial charge in [-0.15, -0.1) is 11.3 Å². The Bertz CT molecular complexity index is 1100. The number of aromatic nitrogens is 1. The molecule has 0 saturated carbocycles. The molecule has 0 spiro atoms. The van der Waals surface area contributed by atoms with Crippen LogP contribution in [0.4, 0.5) is 10.8 Å². The number of nitro groups is 1. The monoisotopic (exact) mass is 444 g/mol. The molecule has 1 aromatic heterocycles. The molecule has 0 fully saturated rings. The normalized spacial score (nSPS) is 10.5. The van der Waals surface area contributed by atoms with Gasteiger partial charge in [-0.2, -0.15) is 0 Å². The summed E-state index contributed by atoms with van der Waals surface area (Å²) in [7, 11) is 0. The van der Waals surface area contributed by atoms with Crippen molar-refractivity contribution in [3.63, 3.8) is 0 Å². The van der Waals surface area contributed by atoms with Gasteiger partial charge in [0, 0.05) is 46.1 Å². The molecular weight excluding hydrogens is 428 g/mol. The molecule has 30 heavy (non-hydrogen) atoms. The van der Waals surface area contributed by atoms with Gasteiger partial charge in [0.25, 0.3) is 11.6 Å². The molecule has 0 saturated heterocycles. The predicted octanol–water partition coefficient (Wildman–Crippen LogP) is 4.44. The highest BCUT2D eigenvalue weighted by atomic mass is 35.5. The summed E-state index contributed by atoms with van der Waals surface area (Å²) in [6.07, 6.45) is 0.0737. The Hall–Kier alpha value is -3.30. The van der Waals surface area contributed by atoms with E-state index in [1.54, 1.807) is 48.7 Å². The number of nitrogens with one attached hydrogen (secondary N) is 2. The van der Waals surface area contributed by atoms with Crippen molar-refractivity contribution in [1.29, 1.82) is 0 Å². The number of hydrogen-bond donors (Lipinski definition) is 2. The van der Waals surface area contributed by atoms with Crippen molar-refractivity contribution >= 4 is 45.6 Å². The molecule has 0 aliphatic carbocycles. The molecule has 0 atom stereocenters. The Kier molecular flexibility index (Phi) is 6.76. The third kappa shape index (κ3) is 5.40. The molecule has 2 amide bonds. The summed E-state index contributed by atoms with van der Waals surface area (Å²) in [5.41, 5.74) is 2.17. The second-order valence-corrected chi connectivity index (χ2v) is 7.65. The zero-order valence-corrected chi connectivity index (χ0v) is 17.4. The number of nitrogens with zero attached hydrogens (tertiary/aromatic N) is 2. The zero-order valence-electron chi connectivity index (χ0n) is 15.8. The number of amides is 2. The number of thiazole rings is 1. The number of nitro benzene ring substituents is 1. The van der Waals surface area contributed by atoms with Crippen molar-refractivity contribution in [3.05, 3.63) is 74.1 Å². The molecule has 0 bridgehead atoms. The van der Waals surface area contributed by atoms with Crippen LogP contribution in [0.3, 0.4) is 0 Å². The van der Waals surface area contributed by atoms with Crippen LogP contribution >= 0.6 is 22.9 Å². The van der Waals surface area contributed by atoms with E-state index in [4.69, 9.17) is 11.6 Å². The lowest BCUT2D eigenvalue weighted by atomic mass is 10.1. The van der Waals surface area contributed by atoms with Crippen molar-refractivity contribution in [2.75, 3.05) is 11.9 Å². The van der Waals surface area contributed by atoms with E-state index in [1.165, 1.54) is 17.4 Å². The summed E-state index contributed by atoms with van der Waals surface area (Å²) in [6.45, 7) is 1.83. The van der Waals surface area contributed by atoms with Gasteiger partial charge in [0.15, 0.2) is 5.13 Å². The lowest BCUT2D eigenvalue weighted by Gasteiger charge is -2.05. The van der Waals surface area contributed by atoms with Crippen molar-refractivity contribution < 1.29 is 14.5 Å². The van der Waals surface area contributed by atoms with E-state index < -0.39 is 4.92 Å². The molecule has 0 aliphatic rings. The number of rotatable bonds is 7. The maximum Gasteiger partial charge on any atom is 0.272 e. The van der Waals surface area contributed by atoms with E-state index in [0.29, 0.717) is 32.5 Å². The number of aryl methyl sites for hydroxylation is 1. The summed E-state index contributed by atoms with van der Waals surface area (Å²) in [5, 5.41) is 19.1. The van der Waals surface area contributed by atoms with Crippen molar-refractivity contribution in [2.24, 2.45) is 0 Å². The highest BCUT2D eigenvalue weighted by Crippen LogP contribution is 2.29. The molecule has 1 heterocycles. The third-order valence-corrected chi connectivity index (χ3v) is 5.21. The highest BCUT2D eigenvalue weighted by molar-refractivity contribution is 7.14. The number of carbonyl (C=O) groups is 2. The summed E-state index contributed by atoms with van der Waals surface area (Å²) in [6, 6.07) is 11.3. The van der Waals surface area contributed by atoms with Crippen LogP contribution < -0.4 is 10.6 Å². The van der Waals surface area contributed by atoms with Crippen LogP contribution in [0.15, 0.2) is 47.8 Å². The Balaban J connectivity index is 1.54. The summed E-state index contributed by atoms with van der Waals surface area (Å²) in [4.78, 5) is 39.1. The minimum atomic E-state index is -0.438. The first-order valence-electron chi connectivity index (χ1n) is 8.88. The molecule has 2 aromatic carbocycles. The number of carbonyl (C=O) groups excluding carboxylic acids is 2. The summed E-state index contributed by atoms with van der Waals surface area (Å²) < 4.78 is 0. The number of hydrogen-bond acceptors (Lipinski definition) is 6. The maximum atomic E-state index is 12.1. The van der Waals surface area contributed by atoms with Gasteiger partial charge in [0.2, 0.25) is 5.91 Å². The smallest absolute Gasteiger partial charge is 0.272 e. The number of anilines is 1. The van der Waals surface area contributed by atoms with Crippen LogP contribution in [-0.4, -0.2) is 28.3 Å². The molecule has 8 nitrogen and oxygen atoms in total. The average molecular weight is 445 g/mol. The number of benzene rings is 2. The third-order valence-electron chi connectivity index (χ3n) is 4.20. The van der Waals surface area contributed by atoms with Crippen molar-refractivity contribution in [1.82, 2.24) is 10.3 Å². The van der Waals surface area contributed by atoms with E-state index in [-0.39, 0.29) is 30.5 Å². The zero-order chi connectivity index (χ0) is 21.7. The Morgan fingerprint density at radius 1 is 1.20 bits per heavy atom. The van der Waals surface area contributed by atoms with Gasteiger partial charge in [-0.3, -0.25) is 19.7 Å². The summed E-state index contributed by atoms with van der Waals surface area (Å²) >= 11 is 7.01. The largest absolute Gasteiger partial charge is 0.352 e. The molecule has 0 radical (unpaired) electrons. The van der Waals surface area contributed by atoms with Gasteiger partial charge < -0.3 is 10.6 Å². The van der Waals surface area contributed by atoms with E-state index >= 15 is 0 Å². The van der Waals surface area contributed by atoms with Crippen LogP contribution in [-0.2, 0) is 4.79 Å². The predicted molar refractivity (Wildman–Crippen MR) is 116 cm³/mol. The van der Waals surface area contributed by atoms with Crippen LogP contribution in [0.1, 0.15) is 22.3 Å². The standard InChI is InChI=1S/C20H17ClN4O4S/c1-12-2-3-14(10-17(12)25(28)29)16-11-30-20(23-16)24-18(26)8-9-22-19(27)13-4-6-15(21)7-5-13/h2-7,10-11H,8-9H2,1H3,(H,22,27)(H,23,24,26). The lowest BCUT2D eigenvalue weighted by Crippen LogP contribution is -2.27. The molecular formula is C20H17ClN4O4S. The molecule has 0 unspecified atom stereocenters. The molecule has 3 aromatic rings. The molecule has 10 heteroatoms. The van der Waals surface area contributed by atoms with E-state index in [2.05, 4.69) is 15.6 Å². The Morgan fingerprint density at radius 3 is 2.63 bits per heavy atom. The summed E-state index contributed by atoms with van der Waals surface area (Å²) in [5.74, 6) is -0.598. The van der Waals surface area contributed by atoms with Crippen molar-refractivity contribution in [3.8, 4) is 11.3 Å². The van der Waals surface area contributed by atoms with E-state index in [1.807, 2.05) is 0 Å². The first kappa shape index (κ1) is 21.4. The topological polar surface area (TPSA) is 114 Å². The first-order chi connectivity index (χ1) is 14.3. The first-order valence-corrected chi connectivity index (χ1v) is 10.1. The van der Waals surface area contributed by atoms with E-state index in [0.717, 1.165) is 0 Å².